The number of hydrogen-bond donors (Lipinski definition) is 1. The van der Waals surface area contributed by atoms with Crippen molar-refractivity contribution in [2.45, 2.75) is 32.9 Å². The molecular weight excluding hydrogens is 288 g/mol. The fraction of sp³-hybridized carbons (Fsp3) is 0.421. The number of hydrogen-bond acceptors (Lipinski definition) is 3. The van der Waals surface area contributed by atoms with Gasteiger partial charge in [-0.15, -0.1) is 0 Å². The SMILES string of the molecule is CC(C)C(=O)NC[C@H](c1ccco1)N1CCc2ccccc2C1. The molecule has 0 aliphatic carbocycles. The minimum atomic E-state index is -0.00525. The summed E-state index contributed by atoms with van der Waals surface area (Å²) < 4.78 is 5.64. The van der Waals surface area contributed by atoms with E-state index in [0.29, 0.717) is 6.54 Å². The molecule has 0 saturated heterocycles. The van der Waals surface area contributed by atoms with Gasteiger partial charge < -0.3 is 9.73 Å². The highest BCUT2D eigenvalue weighted by atomic mass is 16.3. The van der Waals surface area contributed by atoms with Gasteiger partial charge in [-0.25, -0.2) is 0 Å². The normalized spacial score (nSPS) is 16.1. The zero-order valence-corrected chi connectivity index (χ0v) is 13.8. The molecule has 0 saturated carbocycles. The van der Waals surface area contributed by atoms with Crippen LogP contribution in [0.4, 0.5) is 0 Å². The van der Waals surface area contributed by atoms with Gasteiger partial charge in [0.15, 0.2) is 0 Å². The Hall–Kier alpha value is -2.07. The maximum absolute atomic E-state index is 11.9. The van der Waals surface area contributed by atoms with Crippen molar-refractivity contribution in [1.82, 2.24) is 10.2 Å². The van der Waals surface area contributed by atoms with Crippen LogP contribution in [0.5, 0.6) is 0 Å². The van der Waals surface area contributed by atoms with Gasteiger partial charge in [0.25, 0.3) is 0 Å². The molecular formula is C19H24N2O2. The quantitative estimate of drug-likeness (QED) is 0.922. The predicted octanol–water partition coefficient (Wildman–Crippen LogP) is 3.15. The van der Waals surface area contributed by atoms with Crippen LogP contribution in [-0.4, -0.2) is 23.9 Å². The van der Waals surface area contributed by atoms with Gasteiger partial charge in [0, 0.05) is 25.6 Å². The van der Waals surface area contributed by atoms with Gasteiger partial charge >= 0.3 is 0 Å². The molecule has 0 fully saturated rings. The number of benzene rings is 1. The summed E-state index contributed by atoms with van der Waals surface area (Å²) in [6.45, 7) is 6.26. The first kappa shape index (κ1) is 15.8. The highest BCUT2D eigenvalue weighted by molar-refractivity contribution is 5.77. The molecule has 122 valence electrons. The smallest absolute Gasteiger partial charge is 0.222 e. The first-order chi connectivity index (χ1) is 11.1. The van der Waals surface area contributed by atoms with E-state index in [1.54, 1.807) is 6.26 Å². The van der Waals surface area contributed by atoms with Crippen molar-refractivity contribution in [3.8, 4) is 0 Å². The van der Waals surface area contributed by atoms with E-state index in [-0.39, 0.29) is 17.9 Å². The third kappa shape index (κ3) is 3.64. The Balaban J connectivity index is 1.75. The average Bonchev–Trinajstić information content (AvgIpc) is 3.09. The lowest BCUT2D eigenvalue weighted by Crippen LogP contribution is -2.41. The maximum Gasteiger partial charge on any atom is 0.222 e. The van der Waals surface area contributed by atoms with Crippen molar-refractivity contribution in [3.63, 3.8) is 0 Å². The highest BCUT2D eigenvalue weighted by Crippen LogP contribution is 2.27. The largest absolute Gasteiger partial charge is 0.468 e. The first-order valence-electron chi connectivity index (χ1n) is 8.27. The molecule has 0 unspecified atom stereocenters. The molecule has 2 heterocycles. The molecule has 4 heteroatoms. The van der Waals surface area contributed by atoms with Crippen molar-refractivity contribution in [2.24, 2.45) is 5.92 Å². The molecule has 2 aromatic rings. The first-order valence-corrected chi connectivity index (χ1v) is 8.27. The van der Waals surface area contributed by atoms with Gasteiger partial charge in [-0.05, 0) is 29.7 Å². The number of rotatable bonds is 5. The van der Waals surface area contributed by atoms with Crippen LogP contribution in [0.25, 0.3) is 0 Å². The van der Waals surface area contributed by atoms with Crippen molar-refractivity contribution < 1.29 is 9.21 Å². The van der Waals surface area contributed by atoms with E-state index in [1.807, 2.05) is 26.0 Å². The molecule has 3 rings (SSSR count). The van der Waals surface area contributed by atoms with Crippen molar-refractivity contribution in [2.75, 3.05) is 13.1 Å². The van der Waals surface area contributed by atoms with E-state index in [2.05, 4.69) is 34.5 Å². The van der Waals surface area contributed by atoms with E-state index < -0.39 is 0 Å². The van der Waals surface area contributed by atoms with E-state index in [9.17, 15) is 4.79 Å². The molecule has 4 nitrogen and oxygen atoms in total. The van der Waals surface area contributed by atoms with Gasteiger partial charge in [-0.2, -0.15) is 0 Å². The summed E-state index contributed by atoms with van der Waals surface area (Å²) in [7, 11) is 0. The second-order valence-corrected chi connectivity index (χ2v) is 6.42. The van der Waals surface area contributed by atoms with Crippen LogP contribution in [0.1, 0.15) is 36.8 Å². The monoisotopic (exact) mass is 312 g/mol. The second kappa shape index (κ2) is 7.01. The summed E-state index contributed by atoms with van der Waals surface area (Å²) in [4.78, 5) is 14.3. The topological polar surface area (TPSA) is 45.5 Å². The number of carbonyl (C=O) groups excluding carboxylic acids is 1. The van der Waals surface area contributed by atoms with E-state index >= 15 is 0 Å². The molecule has 1 aliphatic rings. The summed E-state index contributed by atoms with van der Waals surface area (Å²) in [6.07, 6.45) is 2.73. The maximum atomic E-state index is 11.9. The summed E-state index contributed by atoms with van der Waals surface area (Å²) >= 11 is 0. The molecule has 1 amide bonds. The Morgan fingerprint density at radius 2 is 2.00 bits per heavy atom. The lowest BCUT2D eigenvalue weighted by atomic mass is 9.98. The number of nitrogens with one attached hydrogen (secondary N) is 1. The van der Waals surface area contributed by atoms with Crippen LogP contribution in [0, 0.1) is 5.92 Å². The Bertz CT molecular complexity index is 649. The number of furan rings is 1. The zero-order valence-electron chi connectivity index (χ0n) is 13.8. The van der Waals surface area contributed by atoms with Gasteiger partial charge in [0.05, 0.1) is 12.3 Å². The molecule has 1 aromatic heterocycles. The van der Waals surface area contributed by atoms with Crippen LogP contribution in [0.2, 0.25) is 0 Å². The Kier molecular flexibility index (Phi) is 4.82. The van der Waals surface area contributed by atoms with Gasteiger partial charge in [0.1, 0.15) is 5.76 Å². The van der Waals surface area contributed by atoms with Crippen molar-refractivity contribution >= 4 is 5.91 Å². The third-order valence-corrected chi connectivity index (χ3v) is 4.47. The highest BCUT2D eigenvalue weighted by Gasteiger charge is 2.27. The predicted molar refractivity (Wildman–Crippen MR) is 89.9 cm³/mol. The van der Waals surface area contributed by atoms with E-state index in [1.165, 1.54) is 11.1 Å². The zero-order chi connectivity index (χ0) is 16.2. The molecule has 1 N–H and O–H groups in total. The lowest BCUT2D eigenvalue weighted by Gasteiger charge is -2.34. The van der Waals surface area contributed by atoms with Crippen LogP contribution in [0.3, 0.4) is 0 Å². The summed E-state index contributed by atoms with van der Waals surface area (Å²) in [6, 6.07) is 12.5. The summed E-state index contributed by atoms with van der Waals surface area (Å²) in [5, 5.41) is 3.05. The Labute approximate surface area is 137 Å². The second-order valence-electron chi connectivity index (χ2n) is 6.42. The van der Waals surface area contributed by atoms with Gasteiger partial charge in [-0.3, -0.25) is 9.69 Å². The summed E-state index contributed by atoms with van der Waals surface area (Å²) in [5.41, 5.74) is 2.79. The molecule has 1 aliphatic heterocycles. The third-order valence-electron chi connectivity index (χ3n) is 4.47. The van der Waals surface area contributed by atoms with Crippen molar-refractivity contribution in [3.05, 3.63) is 59.5 Å². The Morgan fingerprint density at radius 1 is 1.22 bits per heavy atom. The minimum Gasteiger partial charge on any atom is -0.468 e. The standard InChI is InChI=1S/C19H24N2O2/c1-14(2)19(22)20-12-17(18-8-5-11-23-18)21-10-9-15-6-3-4-7-16(15)13-21/h3-8,11,14,17H,9-10,12-13H2,1-2H3,(H,20,22)/t17-/m1/s1. The molecule has 1 aromatic carbocycles. The molecule has 1 atom stereocenters. The van der Waals surface area contributed by atoms with Crippen LogP contribution in [-0.2, 0) is 17.8 Å². The lowest BCUT2D eigenvalue weighted by molar-refractivity contribution is -0.124. The number of fused-ring (bicyclic) bond motifs is 1. The van der Waals surface area contributed by atoms with Gasteiger partial charge in [-0.1, -0.05) is 38.1 Å². The van der Waals surface area contributed by atoms with Crippen LogP contribution in [0.15, 0.2) is 47.1 Å². The number of carbonyl (C=O) groups is 1. The molecule has 0 bridgehead atoms. The minimum absolute atomic E-state index is 0.00525. The fourth-order valence-electron chi connectivity index (χ4n) is 3.08. The van der Waals surface area contributed by atoms with Gasteiger partial charge in [0.2, 0.25) is 5.91 Å². The number of amides is 1. The molecule has 0 radical (unpaired) electrons. The van der Waals surface area contributed by atoms with E-state index in [0.717, 1.165) is 25.3 Å². The fourth-order valence-corrected chi connectivity index (χ4v) is 3.08. The van der Waals surface area contributed by atoms with E-state index in [4.69, 9.17) is 4.42 Å². The molecule has 0 spiro atoms. The molecule has 23 heavy (non-hydrogen) atoms. The van der Waals surface area contributed by atoms with Crippen LogP contribution >= 0.6 is 0 Å². The average molecular weight is 312 g/mol. The Morgan fingerprint density at radius 3 is 2.70 bits per heavy atom. The van der Waals surface area contributed by atoms with Crippen molar-refractivity contribution in [1.29, 1.82) is 0 Å². The number of nitrogens with zero attached hydrogens (tertiary/aromatic N) is 1. The summed E-state index contributed by atoms with van der Waals surface area (Å²) in [5.74, 6) is 0.988. The van der Waals surface area contributed by atoms with Crippen LogP contribution < -0.4 is 5.32 Å².